The van der Waals surface area contributed by atoms with E-state index in [1.54, 1.807) is 20.8 Å². The Balaban J connectivity index is 1.43. The van der Waals surface area contributed by atoms with Crippen molar-refractivity contribution in [1.82, 2.24) is 24.2 Å². The summed E-state index contributed by atoms with van der Waals surface area (Å²) in [5.41, 5.74) is 6.67. The predicted molar refractivity (Wildman–Crippen MR) is 122 cm³/mol. The highest BCUT2D eigenvalue weighted by Crippen LogP contribution is 2.22. The van der Waals surface area contributed by atoms with Gasteiger partial charge in [-0.2, -0.15) is 0 Å². The predicted octanol–water partition coefficient (Wildman–Crippen LogP) is 3.03. The second-order valence-electron chi connectivity index (χ2n) is 8.49. The number of piperazine rings is 1. The van der Waals surface area contributed by atoms with Crippen LogP contribution in [-0.2, 0) is 11.3 Å². The van der Waals surface area contributed by atoms with Gasteiger partial charge in [0.05, 0.1) is 23.6 Å². The van der Waals surface area contributed by atoms with E-state index < -0.39 is 0 Å². The molecule has 1 aliphatic heterocycles. The van der Waals surface area contributed by atoms with E-state index in [0.29, 0.717) is 42.2 Å². The summed E-state index contributed by atoms with van der Waals surface area (Å²) in [7, 11) is 0. The Morgan fingerprint density at radius 2 is 1.84 bits per heavy atom. The van der Waals surface area contributed by atoms with Crippen LogP contribution in [0.3, 0.4) is 0 Å². The summed E-state index contributed by atoms with van der Waals surface area (Å²) in [5, 5.41) is 0. The largest absolute Gasteiger partial charge is 0.462 e. The van der Waals surface area contributed by atoms with Crippen LogP contribution in [0.25, 0.3) is 5.65 Å². The Bertz CT molecular complexity index is 1170. The lowest BCUT2D eigenvalue weighted by Gasteiger charge is -2.34. The molecular formula is C24H31N5O3. The van der Waals surface area contributed by atoms with Crippen molar-refractivity contribution < 1.29 is 14.3 Å². The summed E-state index contributed by atoms with van der Waals surface area (Å²) in [4.78, 5) is 37.4. The van der Waals surface area contributed by atoms with Crippen molar-refractivity contribution in [1.29, 1.82) is 0 Å². The Morgan fingerprint density at radius 3 is 2.53 bits per heavy atom. The molecule has 1 aliphatic rings. The average molecular weight is 438 g/mol. The van der Waals surface area contributed by atoms with Crippen molar-refractivity contribution in [3.8, 4) is 0 Å². The van der Waals surface area contributed by atoms with E-state index >= 15 is 0 Å². The summed E-state index contributed by atoms with van der Waals surface area (Å²) in [6.07, 6.45) is 2.08. The lowest BCUT2D eigenvalue weighted by atomic mass is 10.1. The van der Waals surface area contributed by atoms with E-state index in [0.717, 1.165) is 31.0 Å². The van der Waals surface area contributed by atoms with Gasteiger partial charge in [0.1, 0.15) is 11.3 Å². The maximum atomic E-state index is 13.2. The van der Waals surface area contributed by atoms with Gasteiger partial charge in [0.15, 0.2) is 0 Å². The van der Waals surface area contributed by atoms with Crippen molar-refractivity contribution in [2.45, 2.75) is 41.2 Å². The normalized spacial score (nSPS) is 14.8. The van der Waals surface area contributed by atoms with Crippen LogP contribution in [0.4, 0.5) is 0 Å². The number of imidazole rings is 1. The zero-order valence-corrected chi connectivity index (χ0v) is 19.5. The third-order valence-electron chi connectivity index (χ3n) is 6.24. The molecule has 3 aromatic heterocycles. The Morgan fingerprint density at radius 1 is 1.12 bits per heavy atom. The van der Waals surface area contributed by atoms with Crippen molar-refractivity contribution in [3.05, 3.63) is 57.8 Å². The molecule has 0 aromatic carbocycles. The molecule has 0 saturated carbocycles. The van der Waals surface area contributed by atoms with E-state index in [1.807, 2.05) is 4.90 Å². The number of amides is 1. The van der Waals surface area contributed by atoms with Gasteiger partial charge in [-0.1, -0.05) is 0 Å². The lowest BCUT2D eigenvalue weighted by molar-refractivity contribution is 0.0525. The van der Waals surface area contributed by atoms with Gasteiger partial charge in [0.25, 0.3) is 5.91 Å². The first-order valence-corrected chi connectivity index (χ1v) is 11.1. The number of rotatable bonds is 5. The first-order valence-electron chi connectivity index (χ1n) is 11.1. The van der Waals surface area contributed by atoms with Crippen LogP contribution >= 0.6 is 0 Å². The Labute approximate surface area is 188 Å². The lowest BCUT2D eigenvalue weighted by Crippen LogP contribution is -2.48. The van der Waals surface area contributed by atoms with Crippen LogP contribution in [0.1, 0.15) is 56.0 Å². The molecule has 8 nitrogen and oxygen atoms in total. The minimum Gasteiger partial charge on any atom is -0.462 e. The molecule has 4 rings (SSSR count). The molecule has 0 spiro atoms. The summed E-state index contributed by atoms with van der Waals surface area (Å²) in [6.45, 7) is 13.4. The molecule has 8 heteroatoms. The Hall–Kier alpha value is -3.13. The van der Waals surface area contributed by atoms with Crippen LogP contribution in [0.15, 0.2) is 18.3 Å². The fraction of sp³-hybridized carbons (Fsp3) is 0.458. The standard InChI is InChI=1S/C24H31N5O3/c1-6-32-24(31)21-16(3)22(26-18(21)5)23(30)28-11-9-27(10-12-28)14-19-17(4)25-20-13-15(2)7-8-29(19)20/h7-8,13,26H,6,9-12,14H2,1-5H3. The second kappa shape index (κ2) is 8.78. The smallest absolute Gasteiger partial charge is 0.340 e. The van der Waals surface area contributed by atoms with Crippen molar-refractivity contribution in [2.24, 2.45) is 0 Å². The number of nitrogens with one attached hydrogen (secondary N) is 1. The van der Waals surface area contributed by atoms with E-state index in [9.17, 15) is 9.59 Å². The molecule has 0 unspecified atom stereocenters. The molecule has 1 N–H and O–H groups in total. The monoisotopic (exact) mass is 437 g/mol. The van der Waals surface area contributed by atoms with Crippen LogP contribution in [0.5, 0.6) is 0 Å². The molecule has 0 radical (unpaired) electrons. The molecular weight excluding hydrogens is 406 g/mol. The highest BCUT2D eigenvalue weighted by Gasteiger charge is 2.28. The second-order valence-corrected chi connectivity index (χ2v) is 8.49. The number of nitrogens with zero attached hydrogens (tertiary/aromatic N) is 4. The van der Waals surface area contributed by atoms with Gasteiger partial charge in [-0.3, -0.25) is 9.69 Å². The summed E-state index contributed by atoms with van der Waals surface area (Å²) in [6, 6.07) is 4.19. The fourth-order valence-electron chi connectivity index (χ4n) is 4.46. The van der Waals surface area contributed by atoms with Crippen molar-refractivity contribution in [2.75, 3.05) is 32.8 Å². The minimum atomic E-state index is -0.388. The van der Waals surface area contributed by atoms with Gasteiger partial charge >= 0.3 is 5.97 Å². The number of aromatic amines is 1. The van der Waals surface area contributed by atoms with Crippen LogP contribution in [-0.4, -0.2) is 68.8 Å². The average Bonchev–Trinajstić information content (AvgIpc) is 3.23. The molecule has 32 heavy (non-hydrogen) atoms. The molecule has 0 atom stereocenters. The first kappa shape index (κ1) is 22.1. The molecule has 170 valence electrons. The molecule has 0 bridgehead atoms. The van der Waals surface area contributed by atoms with Crippen LogP contribution in [0.2, 0.25) is 0 Å². The van der Waals surface area contributed by atoms with Gasteiger partial charge in [-0.15, -0.1) is 0 Å². The third kappa shape index (κ3) is 4.02. The maximum Gasteiger partial charge on any atom is 0.340 e. The van der Waals surface area contributed by atoms with Gasteiger partial charge < -0.3 is 19.0 Å². The van der Waals surface area contributed by atoms with E-state index in [-0.39, 0.29) is 11.9 Å². The number of hydrogen-bond acceptors (Lipinski definition) is 5. The number of ether oxygens (including phenoxy) is 1. The molecule has 1 saturated heterocycles. The number of fused-ring (bicyclic) bond motifs is 1. The van der Waals surface area contributed by atoms with Crippen LogP contribution in [0, 0.1) is 27.7 Å². The number of esters is 1. The molecule has 0 aliphatic carbocycles. The van der Waals surface area contributed by atoms with Crippen molar-refractivity contribution in [3.63, 3.8) is 0 Å². The van der Waals surface area contributed by atoms with E-state index in [2.05, 4.69) is 46.5 Å². The molecule has 3 aromatic rings. The Kier molecular flexibility index (Phi) is 6.06. The minimum absolute atomic E-state index is 0.0674. The molecule has 1 fully saturated rings. The zero-order valence-electron chi connectivity index (χ0n) is 19.5. The quantitative estimate of drug-likeness (QED) is 0.621. The van der Waals surface area contributed by atoms with E-state index in [4.69, 9.17) is 9.72 Å². The van der Waals surface area contributed by atoms with Gasteiger partial charge in [0.2, 0.25) is 0 Å². The number of aryl methyl sites for hydroxylation is 3. The number of carbonyl (C=O) groups excluding carboxylic acids is 2. The molecule has 4 heterocycles. The van der Waals surface area contributed by atoms with Gasteiger partial charge in [-0.25, -0.2) is 9.78 Å². The maximum absolute atomic E-state index is 13.2. The van der Waals surface area contributed by atoms with Crippen molar-refractivity contribution >= 4 is 17.5 Å². The number of aromatic nitrogens is 3. The number of pyridine rings is 1. The number of carbonyl (C=O) groups is 2. The fourth-order valence-corrected chi connectivity index (χ4v) is 4.46. The SMILES string of the molecule is CCOC(=O)c1c(C)[nH]c(C(=O)N2CCN(Cc3c(C)nc4cc(C)ccn34)CC2)c1C. The summed E-state index contributed by atoms with van der Waals surface area (Å²) < 4.78 is 7.30. The topological polar surface area (TPSA) is 82.9 Å². The first-order chi connectivity index (χ1) is 15.3. The highest BCUT2D eigenvalue weighted by molar-refractivity contribution is 6.00. The summed E-state index contributed by atoms with van der Waals surface area (Å²) >= 11 is 0. The number of H-pyrrole nitrogens is 1. The van der Waals surface area contributed by atoms with Gasteiger partial charge in [0, 0.05) is 44.6 Å². The van der Waals surface area contributed by atoms with Crippen LogP contribution < -0.4 is 0 Å². The van der Waals surface area contributed by atoms with Gasteiger partial charge in [-0.05, 0) is 57.9 Å². The highest BCUT2D eigenvalue weighted by atomic mass is 16.5. The van der Waals surface area contributed by atoms with E-state index in [1.165, 1.54) is 11.3 Å². The number of hydrogen-bond donors (Lipinski definition) is 1. The third-order valence-corrected chi connectivity index (χ3v) is 6.24. The summed E-state index contributed by atoms with van der Waals surface area (Å²) in [5.74, 6) is -0.455. The zero-order chi connectivity index (χ0) is 23.0. The molecule has 1 amide bonds.